The Morgan fingerprint density at radius 2 is 2.15 bits per heavy atom. The highest BCUT2D eigenvalue weighted by Gasteiger charge is 2.26. The third-order valence-corrected chi connectivity index (χ3v) is 5.25. The van der Waals surface area contributed by atoms with E-state index in [2.05, 4.69) is 11.1 Å². The number of aromatic nitrogens is 1. The van der Waals surface area contributed by atoms with Gasteiger partial charge in [0.15, 0.2) is 0 Å². The molecule has 0 bridgehead atoms. The second-order valence-electron chi connectivity index (χ2n) is 6.75. The topological polar surface area (TPSA) is 77.0 Å². The molecule has 2 aromatic rings. The first-order chi connectivity index (χ1) is 12.4. The summed E-state index contributed by atoms with van der Waals surface area (Å²) in [6.07, 6.45) is 3.66. The molecule has 2 atom stereocenters. The van der Waals surface area contributed by atoms with Gasteiger partial charge in [0.25, 0.3) is 5.56 Å². The largest absolute Gasteiger partial charge is 0.326 e. The third kappa shape index (κ3) is 3.51. The number of pyridine rings is 1. The highest BCUT2D eigenvalue weighted by Crippen LogP contribution is 2.26. The number of fused-ring (bicyclic) bond motifs is 1. The lowest BCUT2D eigenvalue weighted by molar-refractivity contribution is -0.127. The van der Waals surface area contributed by atoms with Crippen LogP contribution < -0.4 is 5.56 Å². The molecule has 0 spiro atoms. The quantitative estimate of drug-likeness (QED) is 0.891. The Balaban J connectivity index is 1.77. The summed E-state index contributed by atoms with van der Waals surface area (Å²) >= 11 is 6.04. The summed E-state index contributed by atoms with van der Waals surface area (Å²) in [6, 6.07) is 8.98. The van der Waals surface area contributed by atoms with Crippen molar-refractivity contribution in [3.05, 3.63) is 56.9 Å². The number of benzene rings is 1. The Morgan fingerprint density at radius 1 is 1.38 bits per heavy atom. The van der Waals surface area contributed by atoms with Crippen molar-refractivity contribution in [3.63, 3.8) is 0 Å². The monoisotopic (exact) mass is 369 g/mol. The number of hydrogen-bond donors (Lipinski definition) is 1. The van der Waals surface area contributed by atoms with Crippen molar-refractivity contribution >= 4 is 28.4 Å². The number of hydrogen-bond acceptors (Lipinski definition) is 3. The molecular weight excluding hydrogens is 350 g/mol. The number of likely N-dealkylation sites (N-methyl/N-ethyl adjacent to an activating group) is 1. The van der Waals surface area contributed by atoms with E-state index in [1.807, 2.05) is 25.1 Å². The number of nitrogens with one attached hydrogen (secondary N) is 1. The van der Waals surface area contributed by atoms with Crippen molar-refractivity contribution < 1.29 is 4.79 Å². The average Bonchev–Trinajstić information content (AvgIpc) is 2.62. The van der Waals surface area contributed by atoms with E-state index in [1.165, 1.54) is 4.90 Å². The van der Waals surface area contributed by atoms with E-state index in [0.717, 1.165) is 10.9 Å². The van der Waals surface area contributed by atoms with Crippen LogP contribution in [-0.2, 0) is 4.79 Å². The fraction of sp³-hybridized carbons (Fsp3) is 0.350. The van der Waals surface area contributed by atoms with Crippen molar-refractivity contribution in [3.8, 4) is 6.07 Å². The van der Waals surface area contributed by atoms with Gasteiger partial charge in [0.1, 0.15) is 6.04 Å². The lowest BCUT2D eigenvalue weighted by Gasteiger charge is -2.28. The minimum Gasteiger partial charge on any atom is -0.326 e. The zero-order valence-corrected chi connectivity index (χ0v) is 15.5. The molecule has 26 heavy (non-hydrogen) atoms. The van der Waals surface area contributed by atoms with Crippen LogP contribution in [0.15, 0.2) is 40.7 Å². The molecule has 1 aromatic heterocycles. The molecule has 1 amide bonds. The molecule has 1 N–H and O–H groups in total. The number of nitrogens with zero attached hydrogens (tertiary/aromatic N) is 2. The van der Waals surface area contributed by atoms with Crippen molar-refractivity contribution in [2.24, 2.45) is 0 Å². The molecule has 1 aromatic carbocycles. The van der Waals surface area contributed by atoms with Crippen molar-refractivity contribution in [1.29, 1.82) is 5.26 Å². The first-order valence-electron chi connectivity index (χ1n) is 8.59. The molecular formula is C20H20ClN3O2. The van der Waals surface area contributed by atoms with Crippen molar-refractivity contribution in [2.75, 3.05) is 7.05 Å². The molecule has 0 aliphatic carbocycles. The average molecular weight is 370 g/mol. The molecule has 1 unspecified atom stereocenters. The van der Waals surface area contributed by atoms with Gasteiger partial charge in [0.05, 0.1) is 6.07 Å². The maximum Gasteiger partial charge on any atom is 0.251 e. The molecule has 5 nitrogen and oxygen atoms in total. The summed E-state index contributed by atoms with van der Waals surface area (Å²) in [5.74, 6) is -0.107. The number of carbonyl (C=O) groups is 1. The highest BCUT2D eigenvalue weighted by molar-refractivity contribution is 6.31. The van der Waals surface area contributed by atoms with E-state index in [9.17, 15) is 9.59 Å². The van der Waals surface area contributed by atoms with Crippen molar-refractivity contribution in [1.82, 2.24) is 9.88 Å². The maximum absolute atomic E-state index is 12.4. The summed E-state index contributed by atoms with van der Waals surface area (Å²) < 4.78 is 0. The fourth-order valence-corrected chi connectivity index (χ4v) is 3.48. The van der Waals surface area contributed by atoms with E-state index in [-0.39, 0.29) is 17.4 Å². The standard InChI is InChI=1S/C20H20ClN3O2/c1-12(3-4-13-5-7-16(11-22)24(2)20(13)26)17-10-14-9-15(21)6-8-18(14)23-19(17)25/h5-6,8-10,12,16H,3-4,7H2,1-2H3,(H,23,25)/t12-,16?/m1/s1. The van der Waals surface area contributed by atoms with Gasteiger partial charge in [0, 0.05) is 28.7 Å². The zero-order valence-electron chi connectivity index (χ0n) is 14.8. The SMILES string of the molecule is C[C@H](CCC1=CCC(C#N)N(C)C1=O)c1cc2cc(Cl)ccc2[nH]c1=O. The fourth-order valence-electron chi connectivity index (χ4n) is 3.30. The number of nitriles is 1. The molecule has 1 aliphatic heterocycles. The van der Waals surface area contributed by atoms with Gasteiger partial charge in [-0.05, 0) is 54.8 Å². The zero-order chi connectivity index (χ0) is 18.8. The molecule has 0 fully saturated rings. The third-order valence-electron chi connectivity index (χ3n) is 5.01. The number of halogens is 1. The maximum atomic E-state index is 12.4. The Labute approximate surface area is 156 Å². The summed E-state index contributed by atoms with van der Waals surface area (Å²) in [7, 11) is 1.66. The number of H-pyrrole nitrogens is 1. The van der Waals surface area contributed by atoms with Gasteiger partial charge < -0.3 is 9.88 Å². The van der Waals surface area contributed by atoms with Crippen LogP contribution in [0, 0.1) is 11.3 Å². The number of aromatic amines is 1. The molecule has 2 heterocycles. The second kappa shape index (κ2) is 7.35. The second-order valence-corrected chi connectivity index (χ2v) is 7.19. The summed E-state index contributed by atoms with van der Waals surface area (Å²) in [4.78, 5) is 29.1. The minimum absolute atomic E-state index is 0.00479. The molecule has 0 saturated heterocycles. The van der Waals surface area contributed by atoms with Gasteiger partial charge in [-0.25, -0.2) is 0 Å². The first kappa shape index (κ1) is 18.2. The van der Waals surface area contributed by atoms with Crippen LogP contribution >= 0.6 is 11.6 Å². The lowest BCUT2D eigenvalue weighted by atomic mass is 9.91. The Morgan fingerprint density at radius 3 is 2.88 bits per heavy atom. The molecule has 6 heteroatoms. The number of rotatable bonds is 4. The Bertz CT molecular complexity index is 987. The van der Waals surface area contributed by atoms with Gasteiger partial charge in [-0.15, -0.1) is 0 Å². The van der Waals surface area contributed by atoms with E-state index < -0.39 is 6.04 Å². The van der Waals surface area contributed by atoms with E-state index in [1.54, 1.807) is 19.2 Å². The summed E-state index contributed by atoms with van der Waals surface area (Å²) in [6.45, 7) is 1.98. The summed E-state index contributed by atoms with van der Waals surface area (Å²) in [5, 5.41) is 10.6. The van der Waals surface area contributed by atoms with E-state index in [0.29, 0.717) is 35.4 Å². The van der Waals surface area contributed by atoms with Crippen LogP contribution in [0.1, 0.15) is 37.7 Å². The van der Waals surface area contributed by atoms with Gasteiger partial charge in [-0.1, -0.05) is 24.6 Å². The first-order valence-corrected chi connectivity index (χ1v) is 8.96. The molecule has 134 valence electrons. The van der Waals surface area contributed by atoms with Gasteiger partial charge in [-0.3, -0.25) is 9.59 Å². The van der Waals surface area contributed by atoms with Gasteiger partial charge >= 0.3 is 0 Å². The van der Waals surface area contributed by atoms with E-state index in [4.69, 9.17) is 16.9 Å². The van der Waals surface area contributed by atoms with Crippen LogP contribution in [0.3, 0.4) is 0 Å². The molecule has 0 saturated carbocycles. The van der Waals surface area contributed by atoms with Crippen LogP contribution in [0.4, 0.5) is 0 Å². The smallest absolute Gasteiger partial charge is 0.251 e. The Kier molecular flexibility index (Phi) is 5.15. The Hall–Kier alpha value is -2.58. The predicted octanol–water partition coefficient (Wildman–Crippen LogP) is 3.75. The highest BCUT2D eigenvalue weighted by atomic mass is 35.5. The normalized spacial score (nSPS) is 18.5. The van der Waals surface area contributed by atoms with Gasteiger partial charge in [-0.2, -0.15) is 5.26 Å². The summed E-state index contributed by atoms with van der Waals surface area (Å²) in [5.41, 5.74) is 2.04. The van der Waals surface area contributed by atoms with Gasteiger partial charge in [0.2, 0.25) is 5.91 Å². The number of amides is 1. The van der Waals surface area contributed by atoms with Crippen LogP contribution in [0.5, 0.6) is 0 Å². The number of carbonyl (C=O) groups excluding carboxylic acids is 1. The predicted molar refractivity (Wildman–Crippen MR) is 102 cm³/mol. The van der Waals surface area contributed by atoms with E-state index >= 15 is 0 Å². The lowest BCUT2D eigenvalue weighted by Crippen LogP contribution is -2.39. The molecule has 3 rings (SSSR count). The van der Waals surface area contributed by atoms with Crippen LogP contribution in [0.2, 0.25) is 5.02 Å². The molecule has 1 aliphatic rings. The van der Waals surface area contributed by atoms with Crippen LogP contribution in [-0.4, -0.2) is 28.9 Å². The van der Waals surface area contributed by atoms with Crippen molar-refractivity contribution in [2.45, 2.75) is 38.1 Å². The molecule has 0 radical (unpaired) electrons. The van der Waals surface area contributed by atoms with Crippen LogP contribution in [0.25, 0.3) is 10.9 Å². The minimum atomic E-state index is -0.392.